The van der Waals surface area contributed by atoms with Crippen molar-refractivity contribution in [1.29, 1.82) is 0 Å². The van der Waals surface area contributed by atoms with Crippen molar-refractivity contribution in [2.45, 2.75) is 69.6 Å². The Morgan fingerprint density at radius 3 is 2.61 bits per heavy atom. The van der Waals surface area contributed by atoms with Crippen LogP contribution in [0.15, 0.2) is 24.3 Å². The highest BCUT2D eigenvalue weighted by atomic mass is 19.3. The number of halogens is 2. The predicted molar refractivity (Wildman–Crippen MR) is 114 cm³/mol. The zero-order valence-electron chi connectivity index (χ0n) is 17.8. The van der Waals surface area contributed by atoms with Crippen LogP contribution in [0.5, 0.6) is 0 Å². The Morgan fingerprint density at radius 1 is 1.13 bits per heavy atom. The number of carbonyl (C=O) groups excluding carboxylic acids is 3. The molecule has 0 bridgehead atoms. The second-order valence-electron chi connectivity index (χ2n) is 8.46. The average Bonchev–Trinajstić information content (AvgIpc) is 2.73. The summed E-state index contributed by atoms with van der Waals surface area (Å²) in [5.74, 6) is -3.37. The number of rotatable bonds is 9. The lowest BCUT2D eigenvalue weighted by Gasteiger charge is -2.31. The highest BCUT2D eigenvalue weighted by Gasteiger charge is 2.35. The number of nitrogens with one attached hydrogen (secondary N) is 2. The molecule has 8 heteroatoms. The van der Waals surface area contributed by atoms with Crippen LogP contribution in [0.1, 0.15) is 69.3 Å². The summed E-state index contributed by atoms with van der Waals surface area (Å²) >= 11 is 0. The van der Waals surface area contributed by atoms with Gasteiger partial charge < -0.3 is 10.2 Å². The fraction of sp³-hybridized carbons (Fsp3) is 0.609. The lowest BCUT2D eigenvalue weighted by molar-refractivity contribution is -0.137. The molecule has 0 radical (unpaired) electrons. The van der Waals surface area contributed by atoms with E-state index in [-0.39, 0.29) is 49.6 Å². The largest absolute Gasteiger partial charge is 0.385 e. The van der Waals surface area contributed by atoms with Gasteiger partial charge in [-0.25, -0.2) is 8.78 Å². The van der Waals surface area contributed by atoms with Gasteiger partial charge in [0.1, 0.15) is 0 Å². The van der Waals surface area contributed by atoms with Crippen LogP contribution in [0.2, 0.25) is 0 Å². The van der Waals surface area contributed by atoms with Gasteiger partial charge in [0.25, 0.3) is 5.92 Å². The average molecular weight is 436 g/mol. The summed E-state index contributed by atoms with van der Waals surface area (Å²) in [4.78, 5) is 37.0. The summed E-state index contributed by atoms with van der Waals surface area (Å²) in [6, 6.07) is 7.73. The maximum Gasteiger partial charge on any atom is 0.251 e. The molecule has 3 amide bonds. The molecule has 1 aromatic rings. The van der Waals surface area contributed by atoms with Gasteiger partial charge in [-0.15, -0.1) is 0 Å². The first-order valence-corrected chi connectivity index (χ1v) is 11.2. The third-order valence-corrected chi connectivity index (χ3v) is 6.02. The van der Waals surface area contributed by atoms with Crippen molar-refractivity contribution in [1.82, 2.24) is 10.2 Å². The standard InChI is InChI=1S/C23H31F2N3O3/c24-23(25)11-14-28(15-12-23)21(30)8-3-1-2-4-13-26-18-7-5-6-17(16-18)19-9-10-20(29)27-22(19)31/h5-7,16,19,26H,1-4,8-15H2,(H,27,29,31). The third kappa shape index (κ3) is 7.01. The highest BCUT2D eigenvalue weighted by molar-refractivity contribution is 6.01. The quantitative estimate of drug-likeness (QED) is 0.457. The van der Waals surface area contributed by atoms with Crippen LogP contribution >= 0.6 is 0 Å². The molecule has 0 saturated carbocycles. The molecule has 0 aromatic heterocycles. The van der Waals surface area contributed by atoms with Crippen LogP contribution in [0, 0.1) is 0 Å². The topological polar surface area (TPSA) is 78.5 Å². The van der Waals surface area contributed by atoms with E-state index in [1.165, 1.54) is 0 Å². The van der Waals surface area contributed by atoms with E-state index in [2.05, 4.69) is 10.6 Å². The summed E-state index contributed by atoms with van der Waals surface area (Å²) in [5, 5.41) is 5.75. The van der Waals surface area contributed by atoms with Crippen molar-refractivity contribution < 1.29 is 23.2 Å². The number of nitrogens with zero attached hydrogens (tertiary/aromatic N) is 1. The smallest absolute Gasteiger partial charge is 0.251 e. The number of hydrogen-bond acceptors (Lipinski definition) is 4. The van der Waals surface area contributed by atoms with Crippen LogP contribution < -0.4 is 10.6 Å². The SMILES string of the molecule is O=C1CCC(c2cccc(NCCCCCCC(=O)N3CCC(F)(F)CC3)c2)C(=O)N1. The number of carbonyl (C=O) groups is 3. The van der Waals surface area contributed by atoms with Gasteiger partial charge in [0, 0.05) is 51.0 Å². The Labute approximate surface area is 181 Å². The Morgan fingerprint density at radius 2 is 1.87 bits per heavy atom. The Balaban J connectivity index is 1.29. The molecular formula is C23H31F2N3O3. The lowest BCUT2D eigenvalue weighted by Crippen LogP contribution is -2.42. The molecule has 1 atom stereocenters. The summed E-state index contributed by atoms with van der Waals surface area (Å²) < 4.78 is 26.3. The summed E-state index contributed by atoms with van der Waals surface area (Å²) in [6.45, 7) is 1.11. The highest BCUT2D eigenvalue weighted by Crippen LogP contribution is 2.28. The predicted octanol–water partition coefficient (Wildman–Crippen LogP) is 3.83. The Hall–Kier alpha value is -2.51. The summed E-state index contributed by atoms with van der Waals surface area (Å²) in [7, 11) is 0. The van der Waals surface area contributed by atoms with Gasteiger partial charge in [0.15, 0.2) is 0 Å². The number of alkyl halides is 2. The monoisotopic (exact) mass is 435 g/mol. The molecule has 0 aliphatic carbocycles. The van der Waals surface area contributed by atoms with Crippen molar-refractivity contribution in [3.8, 4) is 0 Å². The minimum absolute atomic E-state index is 0.0149. The van der Waals surface area contributed by atoms with E-state index in [1.54, 1.807) is 4.90 Å². The minimum atomic E-state index is -2.62. The number of piperidine rings is 2. The van der Waals surface area contributed by atoms with E-state index in [4.69, 9.17) is 0 Å². The molecule has 1 aromatic carbocycles. The number of benzene rings is 1. The number of likely N-dealkylation sites (tertiary alicyclic amines) is 1. The van der Waals surface area contributed by atoms with Crippen molar-refractivity contribution in [2.75, 3.05) is 25.0 Å². The molecule has 2 saturated heterocycles. The Bertz CT molecular complexity index is 790. The van der Waals surface area contributed by atoms with Gasteiger partial charge in [-0.1, -0.05) is 25.0 Å². The molecule has 31 heavy (non-hydrogen) atoms. The van der Waals surface area contributed by atoms with Gasteiger partial charge in [-0.05, 0) is 37.0 Å². The zero-order valence-corrected chi connectivity index (χ0v) is 17.8. The summed E-state index contributed by atoms with van der Waals surface area (Å²) in [5.41, 5.74) is 1.85. The van der Waals surface area contributed by atoms with E-state index in [1.807, 2.05) is 24.3 Å². The van der Waals surface area contributed by atoms with Gasteiger partial charge in [-0.2, -0.15) is 0 Å². The van der Waals surface area contributed by atoms with Crippen LogP contribution in [-0.4, -0.2) is 48.2 Å². The maximum atomic E-state index is 13.2. The van der Waals surface area contributed by atoms with E-state index in [0.717, 1.165) is 43.5 Å². The molecular weight excluding hydrogens is 404 g/mol. The van der Waals surface area contributed by atoms with Crippen molar-refractivity contribution in [3.05, 3.63) is 29.8 Å². The van der Waals surface area contributed by atoms with E-state index in [0.29, 0.717) is 19.3 Å². The molecule has 170 valence electrons. The van der Waals surface area contributed by atoms with Gasteiger partial charge in [0.05, 0.1) is 5.92 Å². The third-order valence-electron chi connectivity index (χ3n) is 6.02. The Kier molecular flexibility index (Phi) is 7.98. The van der Waals surface area contributed by atoms with Gasteiger partial charge in [0.2, 0.25) is 17.7 Å². The second kappa shape index (κ2) is 10.7. The first-order chi connectivity index (χ1) is 14.8. The van der Waals surface area contributed by atoms with Crippen molar-refractivity contribution >= 4 is 23.4 Å². The molecule has 6 nitrogen and oxygen atoms in total. The number of hydrogen-bond donors (Lipinski definition) is 2. The lowest BCUT2D eigenvalue weighted by atomic mass is 9.90. The minimum Gasteiger partial charge on any atom is -0.385 e. The first kappa shape index (κ1) is 23.2. The molecule has 1 unspecified atom stereocenters. The van der Waals surface area contributed by atoms with Crippen LogP contribution in [0.25, 0.3) is 0 Å². The normalized spacial score (nSPS) is 21.0. The second-order valence-corrected chi connectivity index (χ2v) is 8.46. The molecule has 3 rings (SSSR count). The van der Waals surface area contributed by atoms with E-state index in [9.17, 15) is 23.2 Å². The van der Waals surface area contributed by atoms with E-state index >= 15 is 0 Å². The number of imide groups is 1. The molecule has 0 spiro atoms. The molecule has 2 fully saturated rings. The molecule has 2 heterocycles. The molecule has 2 aliphatic rings. The number of amides is 3. The zero-order chi connectivity index (χ0) is 22.3. The van der Waals surface area contributed by atoms with Crippen molar-refractivity contribution in [2.24, 2.45) is 0 Å². The fourth-order valence-corrected chi connectivity index (χ4v) is 4.11. The first-order valence-electron chi connectivity index (χ1n) is 11.2. The number of anilines is 1. The summed E-state index contributed by atoms with van der Waals surface area (Å²) in [6.07, 6.45) is 4.49. The number of unbranched alkanes of at least 4 members (excludes halogenated alkanes) is 3. The molecule has 2 aliphatic heterocycles. The van der Waals surface area contributed by atoms with E-state index < -0.39 is 5.92 Å². The van der Waals surface area contributed by atoms with Crippen LogP contribution in [0.3, 0.4) is 0 Å². The van der Waals surface area contributed by atoms with Crippen molar-refractivity contribution in [3.63, 3.8) is 0 Å². The van der Waals surface area contributed by atoms with Gasteiger partial charge >= 0.3 is 0 Å². The van der Waals surface area contributed by atoms with Gasteiger partial charge in [-0.3, -0.25) is 19.7 Å². The fourth-order valence-electron chi connectivity index (χ4n) is 4.11. The van der Waals surface area contributed by atoms with Crippen LogP contribution in [-0.2, 0) is 14.4 Å². The van der Waals surface area contributed by atoms with Crippen LogP contribution in [0.4, 0.5) is 14.5 Å². The maximum absolute atomic E-state index is 13.2. The molecule has 2 N–H and O–H groups in total.